The summed E-state index contributed by atoms with van der Waals surface area (Å²) in [5.41, 5.74) is 3.39. The van der Waals surface area contributed by atoms with Crippen molar-refractivity contribution in [1.29, 1.82) is 0 Å². The second kappa shape index (κ2) is 9.37. The van der Waals surface area contributed by atoms with Crippen molar-refractivity contribution >= 4 is 46.2 Å². The zero-order valence-electron chi connectivity index (χ0n) is 16.6. The summed E-state index contributed by atoms with van der Waals surface area (Å²) in [7, 11) is 0. The molecule has 31 heavy (non-hydrogen) atoms. The molecule has 1 amide bonds. The Balaban J connectivity index is 1.45. The Morgan fingerprint density at radius 3 is 2.68 bits per heavy atom. The molecule has 156 valence electrons. The van der Waals surface area contributed by atoms with E-state index in [1.807, 2.05) is 37.3 Å². The number of thioether (sulfide) groups is 1. The number of carbonyl (C=O) groups excluding carboxylic acids is 1. The fraction of sp³-hybridized carbons (Fsp3) is 0.0833. The zero-order valence-corrected chi connectivity index (χ0v) is 18.1. The molecule has 0 atom stereocenters. The van der Waals surface area contributed by atoms with Crippen molar-refractivity contribution < 1.29 is 13.9 Å². The maximum absolute atomic E-state index is 13.3. The summed E-state index contributed by atoms with van der Waals surface area (Å²) in [5, 5.41) is 3.71. The van der Waals surface area contributed by atoms with E-state index in [0.717, 1.165) is 16.8 Å². The van der Waals surface area contributed by atoms with Crippen LogP contribution in [0.4, 0.5) is 10.1 Å². The molecule has 0 spiro atoms. The summed E-state index contributed by atoms with van der Waals surface area (Å²) in [6.07, 6.45) is 1.75. The molecular formula is C24H18ClFN2O2S. The molecule has 1 saturated heterocycles. The topological polar surface area (TPSA) is 50.7 Å². The Bertz CT molecular complexity index is 1190. The lowest BCUT2D eigenvalue weighted by Crippen LogP contribution is -2.19. The average molecular weight is 453 g/mol. The van der Waals surface area contributed by atoms with E-state index >= 15 is 0 Å². The van der Waals surface area contributed by atoms with Crippen LogP contribution in [-0.4, -0.2) is 11.1 Å². The van der Waals surface area contributed by atoms with Crippen molar-refractivity contribution in [2.24, 2.45) is 4.99 Å². The standard InChI is InChI=1S/C24H18ClFN2O2S/c1-15-5-8-19(9-6-15)27-24-28-23(29)22(31-24)13-16-7-10-21(20(25)12-16)30-14-17-3-2-4-18(26)11-17/h2-13H,14H2,1H3,(H,27,28,29)/b22-13-. The maximum Gasteiger partial charge on any atom is 0.264 e. The Morgan fingerprint density at radius 1 is 1.13 bits per heavy atom. The summed E-state index contributed by atoms with van der Waals surface area (Å²) in [4.78, 5) is 17.3. The van der Waals surface area contributed by atoms with Crippen molar-refractivity contribution in [2.75, 3.05) is 0 Å². The molecule has 3 aromatic rings. The largest absolute Gasteiger partial charge is 0.487 e. The van der Waals surface area contributed by atoms with Crippen molar-refractivity contribution in [3.8, 4) is 5.75 Å². The molecule has 0 bridgehead atoms. The second-order valence-electron chi connectivity index (χ2n) is 6.93. The molecule has 1 heterocycles. The maximum atomic E-state index is 13.3. The SMILES string of the molecule is Cc1ccc(N=C2NC(=O)/C(=C/c3ccc(OCc4cccc(F)c4)c(Cl)c3)S2)cc1. The molecule has 4 nitrogen and oxygen atoms in total. The number of nitrogens with one attached hydrogen (secondary N) is 1. The minimum absolute atomic E-state index is 0.203. The number of nitrogens with zero attached hydrogens (tertiary/aromatic N) is 1. The van der Waals surface area contributed by atoms with Crippen molar-refractivity contribution in [2.45, 2.75) is 13.5 Å². The zero-order chi connectivity index (χ0) is 21.8. The minimum atomic E-state index is -0.313. The molecule has 1 aliphatic heterocycles. The first-order chi connectivity index (χ1) is 15.0. The molecule has 1 fully saturated rings. The highest BCUT2D eigenvalue weighted by Gasteiger charge is 2.23. The first-order valence-electron chi connectivity index (χ1n) is 9.49. The van der Waals surface area contributed by atoms with Gasteiger partial charge in [-0.2, -0.15) is 0 Å². The molecule has 3 aromatic carbocycles. The third kappa shape index (κ3) is 5.54. The number of carbonyl (C=O) groups is 1. The van der Waals surface area contributed by atoms with Gasteiger partial charge in [-0.25, -0.2) is 9.38 Å². The van der Waals surface area contributed by atoms with Gasteiger partial charge in [0.25, 0.3) is 5.91 Å². The summed E-state index contributed by atoms with van der Waals surface area (Å²) >= 11 is 7.61. The van der Waals surface area contributed by atoms with E-state index in [2.05, 4.69) is 10.3 Å². The van der Waals surface area contributed by atoms with Crippen LogP contribution in [0, 0.1) is 12.7 Å². The fourth-order valence-electron chi connectivity index (χ4n) is 2.88. The molecule has 0 radical (unpaired) electrons. The molecule has 1 N–H and O–H groups in total. The smallest absolute Gasteiger partial charge is 0.264 e. The van der Waals surface area contributed by atoms with E-state index in [9.17, 15) is 9.18 Å². The van der Waals surface area contributed by atoms with E-state index in [1.54, 1.807) is 30.3 Å². The number of amides is 1. The summed E-state index contributed by atoms with van der Waals surface area (Å²) in [5.74, 6) is -0.0385. The van der Waals surface area contributed by atoms with Gasteiger partial charge >= 0.3 is 0 Å². The number of rotatable bonds is 5. The molecule has 0 saturated carbocycles. The van der Waals surface area contributed by atoms with Crippen LogP contribution in [-0.2, 0) is 11.4 Å². The van der Waals surface area contributed by atoms with Crippen LogP contribution in [0.15, 0.2) is 76.6 Å². The lowest BCUT2D eigenvalue weighted by atomic mass is 10.2. The van der Waals surface area contributed by atoms with Crippen LogP contribution in [0.3, 0.4) is 0 Å². The van der Waals surface area contributed by atoms with Crippen LogP contribution in [0.1, 0.15) is 16.7 Å². The van der Waals surface area contributed by atoms with Gasteiger partial charge < -0.3 is 10.1 Å². The quantitative estimate of drug-likeness (QED) is 0.465. The molecule has 0 unspecified atom stereocenters. The number of aryl methyl sites for hydroxylation is 1. The monoisotopic (exact) mass is 452 g/mol. The predicted molar refractivity (Wildman–Crippen MR) is 124 cm³/mol. The Morgan fingerprint density at radius 2 is 1.94 bits per heavy atom. The van der Waals surface area contributed by atoms with Crippen LogP contribution in [0.5, 0.6) is 5.75 Å². The first kappa shape index (κ1) is 21.2. The van der Waals surface area contributed by atoms with Gasteiger partial charge in [0.1, 0.15) is 18.2 Å². The molecule has 7 heteroatoms. The van der Waals surface area contributed by atoms with Gasteiger partial charge in [0, 0.05) is 0 Å². The number of amidine groups is 1. The van der Waals surface area contributed by atoms with Gasteiger partial charge in [0.15, 0.2) is 5.17 Å². The number of aliphatic imine (C=N–C) groups is 1. The molecule has 0 aromatic heterocycles. The second-order valence-corrected chi connectivity index (χ2v) is 8.36. The Kier molecular flexibility index (Phi) is 6.39. The average Bonchev–Trinajstić information content (AvgIpc) is 3.08. The van der Waals surface area contributed by atoms with Gasteiger partial charge in [0.05, 0.1) is 15.6 Å². The predicted octanol–water partition coefficient (Wildman–Crippen LogP) is 6.26. The van der Waals surface area contributed by atoms with E-state index in [1.165, 1.54) is 23.9 Å². The summed E-state index contributed by atoms with van der Waals surface area (Å²) in [6.45, 7) is 2.21. The fourth-order valence-corrected chi connectivity index (χ4v) is 3.97. The van der Waals surface area contributed by atoms with Crippen LogP contribution in [0.2, 0.25) is 5.02 Å². The highest BCUT2D eigenvalue weighted by atomic mass is 35.5. The van der Waals surface area contributed by atoms with E-state index in [0.29, 0.717) is 26.4 Å². The molecule has 0 aliphatic carbocycles. The normalized spacial score (nSPS) is 16.0. The summed E-state index contributed by atoms with van der Waals surface area (Å²) < 4.78 is 19.0. The number of hydrogen-bond acceptors (Lipinski definition) is 4. The van der Waals surface area contributed by atoms with Gasteiger partial charge in [0.2, 0.25) is 0 Å². The Hall–Kier alpha value is -3.09. The van der Waals surface area contributed by atoms with Crippen LogP contribution < -0.4 is 10.1 Å². The third-order valence-corrected chi connectivity index (χ3v) is 5.66. The Labute approximate surface area is 188 Å². The van der Waals surface area contributed by atoms with Crippen LogP contribution >= 0.6 is 23.4 Å². The molecule has 4 rings (SSSR count). The van der Waals surface area contributed by atoms with E-state index in [4.69, 9.17) is 16.3 Å². The first-order valence-corrected chi connectivity index (χ1v) is 10.7. The number of ether oxygens (including phenoxy) is 1. The van der Waals surface area contributed by atoms with Gasteiger partial charge in [-0.1, -0.05) is 47.5 Å². The number of hydrogen-bond donors (Lipinski definition) is 1. The number of halogens is 2. The highest BCUT2D eigenvalue weighted by molar-refractivity contribution is 8.18. The molecule has 1 aliphatic rings. The molecular weight excluding hydrogens is 435 g/mol. The van der Waals surface area contributed by atoms with Crippen molar-refractivity contribution in [3.63, 3.8) is 0 Å². The van der Waals surface area contributed by atoms with Crippen molar-refractivity contribution in [1.82, 2.24) is 5.32 Å². The van der Waals surface area contributed by atoms with Crippen molar-refractivity contribution in [3.05, 3.63) is 99.2 Å². The lowest BCUT2D eigenvalue weighted by Gasteiger charge is -2.09. The van der Waals surface area contributed by atoms with Gasteiger partial charge in [-0.15, -0.1) is 0 Å². The number of benzene rings is 3. The highest BCUT2D eigenvalue weighted by Crippen LogP contribution is 2.31. The lowest BCUT2D eigenvalue weighted by molar-refractivity contribution is -0.115. The summed E-state index contributed by atoms with van der Waals surface area (Å²) in [6, 6.07) is 19.2. The van der Waals surface area contributed by atoms with E-state index in [-0.39, 0.29) is 18.3 Å². The third-order valence-electron chi connectivity index (χ3n) is 4.45. The van der Waals surface area contributed by atoms with Gasteiger partial charge in [-0.3, -0.25) is 4.79 Å². The van der Waals surface area contributed by atoms with E-state index < -0.39 is 0 Å². The van der Waals surface area contributed by atoms with Crippen LogP contribution in [0.25, 0.3) is 6.08 Å². The van der Waals surface area contributed by atoms with Gasteiger partial charge in [-0.05, 0) is 72.3 Å². The minimum Gasteiger partial charge on any atom is -0.487 e.